The zero-order chi connectivity index (χ0) is 29.8. The van der Waals surface area contributed by atoms with Gasteiger partial charge in [0.1, 0.15) is 5.56 Å². The van der Waals surface area contributed by atoms with E-state index in [1.165, 1.54) is 12.4 Å². The fourth-order valence-corrected chi connectivity index (χ4v) is 4.61. The molecule has 214 valence electrons. The molecule has 1 aliphatic heterocycles. The molecule has 0 spiro atoms. The molecular weight excluding hydrogens is 542 g/mol. The topological polar surface area (TPSA) is 112 Å². The summed E-state index contributed by atoms with van der Waals surface area (Å²) < 4.78 is 27.9. The number of benzene rings is 2. The van der Waals surface area contributed by atoms with Crippen molar-refractivity contribution in [2.24, 2.45) is 0 Å². The highest BCUT2D eigenvalue weighted by atomic mass is 19.2. The normalized spacial score (nSPS) is 13.6. The first-order valence-corrected chi connectivity index (χ1v) is 13.1. The Morgan fingerprint density at radius 1 is 1.07 bits per heavy atom. The lowest BCUT2D eigenvalue weighted by Gasteiger charge is -2.08. The number of hydrogen-bond donors (Lipinski definition) is 3. The van der Waals surface area contributed by atoms with Crippen molar-refractivity contribution in [1.29, 1.82) is 0 Å². The van der Waals surface area contributed by atoms with E-state index >= 15 is 0 Å². The fraction of sp³-hybridized carbons (Fsp3) is 0.161. The molecule has 5 rings (SSSR count). The summed E-state index contributed by atoms with van der Waals surface area (Å²) in [6.07, 6.45) is 9.65. The van der Waals surface area contributed by atoms with E-state index in [0.29, 0.717) is 16.8 Å². The van der Waals surface area contributed by atoms with Gasteiger partial charge in [-0.05, 0) is 61.1 Å². The summed E-state index contributed by atoms with van der Waals surface area (Å²) in [6, 6.07) is 10.9. The Morgan fingerprint density at radius 3 is 2.69 bits per heavy atom. The minimum Gasteiger partial charge on any atom is -0.361 e. The third kappa shape index (κ3) is 6.42. The van der Waals surface area contributed by atoms with Gasteiger partial charge < -0.3 is 20.5 Å². The molecule has 0 bridgehead atoms. The summed E-state index contributed by atoms with van der Waals surface area (Å²) in [6.45, 7) is 0.851. The van der Waals surface area contributed by atoms with Crippen LogP contribution in [0.5, 0.6) is 0 Å². The zero-order valence-electron chi connectivity index (χ0n) is 22.9. The van der Waals surface area contributed by atoms with Crippen LogP contribution in [-0.2, 0) is 17.9 Å². The van der Waals surface area contributed by atoms with Crippen molar-refractivity contribution in [1.82, 2.24) is 24.8 Å². The van der Waals surface area contributed by atoms with Crippen molar-refractivity contribution in [2.45, 2.75) is 13.1 Å². The van der Waals surface area contributed by atoms with E-state index in [0.717, 1.165) is 51.8 Å². The second-order valence-corrected chi connectivity index (χ2v) is 10.1. The predicted octanol–water partition coefficient (Wildman–Crippen LogP) is 3.90. The smallest absolute Gasteiger partial charge is 0.266 e. The highest BCUT2D eigenvalue weighted by Gasteiger charge is 2.24. The molecule has 0 aliphatic carbocycles. The number of hydrogen-bond acceptors (Lipinski definition) is 5. The van der Waals surface area contributed by atoms with Gasteiger partial charge in [-0.3, -0.25) is 19.0 Å². The Morgan fingerprint density at radius 2 is 1.90 bits per heavy atom. The van der Waals surface area contributed by atoms with E-state index in [1.807, 2.05) is 50.6 Å². The molecule has 2 aromatic heterocycles. The summed E-state index contributed by atoms with van der Waals surface area (Å²) in [4.78, 5) is 47.3. The van der Waals surface area contributed by atoms with Crippen molar-refractivity contribution >= 4 is 35.2 Å². The number of carbonyl (C=O) groups is 2. The number of carbonyl (C=O) groups excluding carboxylic acids is 2. The molecule has 0 radical (unpaired) electrons. The first-order chi connectivity index (χ1) is 20.2. The van der Waals surface area contributed by atoms with Crippen molar-refractivity contribution < 1.29 is 18.4 Å². The molecule has 2 amide bonds. The monoisotopic (exact) mass is 570 g/mol. The fourth-order valence-electron chi connectivity index (χ4n) is 4.61. The Labute approximate surface area is 240 Å². The molecule has 1 aliphatic rings. The third-order valence-electron chi connectivity index (χ3n) is 6.56. The van der Waals surface area contributed by atoms with E-state index < -0.39 is 23.1 Å². The Kier molecular flexibility index (Phi) is 8.21. The van der Waals surface area contributed by atoms with Gasteiger partial charge in [0.15, 0.2) is 11.6 Å². The summed E-state index contributed by atoms with van der Waals surface area (Å²) in [5.41, 5.74) is 4.39. The van der Waals surface area contributed by atoms with Gasteiger partial charge in [-0.25, -0.2) is 13.8 Å². The molecule has 0 fully saturated rings. The molecule has 3 N–H and O–H groups in total. The van der Waals surface area contributed by atoms with Crippen molar-refractivity contribution in [3.05, 3.63) is 123 Å². The minimum absolute atomic E-state index is 0.0711. The Bertz CT molecular complexity index is 1790. The highest BCUT2D eigenvalue weighted by molar-refractivity contribution is 6.34. The molecule has 0 saturated carbocycles. The molecule has 2 aromatic carbocycles. The molecule has 0 atom stereocenters. The molecule has 9 nitrogen and oxygen atoms in total. The number of nitrogens with zero attached hydrogens (tertiary/aromatic N) is 3. The van der Waals surface area contributed by atoms with Gasteiger partial charge in [-0.15, -0.1) is 0 Å². The molecular formula is C31H28F2N6O3. The molecule has 11 heteroatoms. The van der Waals surface area contributed by atoms with Crippen LogP contribution in [0.1, 0.15) is 38.3 Å². The average molecular weight is 571 g/mol. The lowest BCUT2D eigenvalue weighted by molar-refractivity contribution is -0.110. The summed E-state index contributed by atoms with van der Waals surface area (Å²) in [5.74, 6) is -2.82. The Balaban J connectivity index is 1.21. The van der Waals surface area contributed by atoms with Gasteiger partial charge in [-0.2, -0.15) is 0 Å². The highest BCUT2D eigenvalue weighted by Crippen LogP contribution is 2.34. The number of amides is 2. The lowest BCUT2D eigenvalue weighted by Crippen LogP contribution is -2.33. The third-order valence-corrected chi connectivity index (χ3v) is 6.56. The summed E-state index contributed by atoms with van der Waals surface area (Å²) >= 11 is 0. The van der Waals surface area contributed by atoms with Crippen LogP contribution in [0.3, 0.4) is 0 Å². The number of rotatable bonds is 9. The van der Waals surface area contributed by atoms with E-state index in [9.17, 15) is 23.2 Å². The number of aromatic amines is 1. The zero-order valence-corrected chi connectivity index (χ0v) is 22.9. The van der Waals surface area contributed by atoms with Crippen LogP contribution in [0.4, 0.5) is 14.5 Å². The number of H-pyrrole nitrogens is 1. The van der Waals surface area contributed by atoms with Crippen LogP contribution in [0.25, 0.3) is 17.7 Å². The van der Waals surface area contributed by atoms with Gasteiger partial charge in [0.2, 0.25) is 0 Å². The second kappa shape index (κ2) is 12.1. The maximum absolute atomic E-state index is 13.5. The van der Waals surface area contributed by atoms with Crippen LogP contribution in [0.2, 0.25) is 0 Å². The van der Waals surface area contributed by atoms with Crippen molar-refractivity contribution in [2.75, 3.05) is 26.0 Å². The summed E-state index contributed by atoms with van der Waals surface area (Å²) in [5, 5.41) is 5.55. The van der Waals surface area contributed by atoms with Gasteiger partial charge in [-0.1, -0.05) is 30.4 Å². The van der Waals surface area contributed by atoms with Crippen LogP contribution in [0.15, 0.2) is 72.1 Å². The molecule has 3 heterocycles. The van der Waals surface area contributed by atoms with Crippen LogP contribution in [-0.4, -0.2) is 51.9 Å². The van der Waals surface area contributed by atoms with Gasteiger partial charge in [0.05, 0.1) is 18.4 Å². The second-order valence-electron chi connectivity index (χ2n) is 10.1. The number of nitrogens with one attached hydrogen (secondary N) is 3. The molecule has 42 heavy (non-hydrogen) atoms. The van der Waals surface area contributed by atoms with Gasteiger partial charge in [0.25, 0.3) is 17.4 Å². The first-order valence-electron chi connectivity index (χ1n) is 13.1. The predicted molar refractivity (Wildman–Crippen MR) is 156 cm³/mol. The van der Waals surface area contributed by atoms with Crippen molar-refractivity contribution in [3.63, 3.8) is 0 Å². The minimum atomic E-state index is -1.03. The van der Waals surface area contributed by atoms with Crippen molar-refractivity contribution in [3.8, 4) is 0 Å². The largest absolute Gasteiger partial charge is 0.361 e. The maximum Gasteiger partial charge on any atom is 0.266 e. The van der Waals surface area contributed by atoms with Gasteiger partial charge in [0, 0.05) is 42.4 Å². The quantitative estimate of drug-likeness (QED) is 0.265. The molecule has 0 unspecified atom stereocenters. The standard InChI is InChI=1S/C31H28F2N6O3/c1-38(2)16-21-10-22(36-14-21)13-24-23-7-5-19(12-28(23)37-30(24)41)4-3-9-35-29(40)25-15-34-18-39(31(25)42)17-20-6-8-26(32)27(33)11-20/h3-8,10-15,18,36H,9,16-17H2,1-2H3,(H,35,40)(H,37,41). The van der Waals surface area contributed by atoms with Gasteiger partial charge >= 0.3 is 0 Å². The average Bonchev–Trinajstić information content (AvgIpc) is 3.52. The number of halogens is 2. The van der Waals surface area contributed by atoms with E-state index in [4.69, 9.17) is 0 Å². The van der Waals surface area contributed by atoms with E-state index in [1.54, 1.807) is 12.2 Å². The van der Waals surface area contributed by atoms with Crippen LogP contribution in [0, 0.1) is 11.6 Å². The SMILES string of the molecule is CN(C)Cc1c[nH]c(C=C2C(=O)Nc3cc(C=CCNC(=O)c4cncn(Cc5ccc(F)c(F)c5)c4=O)ccc32)c1. The summed E-state index contributed by atoms with van der Waals surface area (Å²) in [7, 11) is 3.99. The van der Waals surface area contributed by atoms with E-state index in [2.05, 4.69) is 25.5 Å². The Hall–Kier alpha value is -5.16. The van der Waals surface area contributed by atoms with Crippen LogP contribution < -0.4 is 16.2 Å². The van der Waals surface area contributed by atoms with Crippen LogP contribution >= 0.6 is 0 Å². The maximum atomic E-state index is 13.5. The number of aromatic nitrogens is 3. The molecule has 0 saturated heterocycles. The lowest BCUT2D eigenvalue weighted by atomic mass is 10.0. The number of anilines is 1. The number of fused-ring (bicyclic) bond motifs is 1. The first kappa shape index (κ1) is 28.4. The molecule has 4 aromatic rings. The van der Waals surface area contributed by atoms with E-state index in [-0.39, 0.29) is 24.6 Å².